The van der Waals surface area contributed by atoms with Crippen molar-refractivity contribution >= 4 is 57.2 Å². The minimum Gasteiger partial charge on any atom is -0.457 e. The lowest BCUT2D eigenvalue weighted by atomic mass is 9.33. The molecule has 5 heteroatoms. The molecule has 0 aliphatic carbocycles. The Bertz CT molecular complexity index is 2260. The first kappa shape index (κ1) is 28.1. The van der Waals surface area contributed by atoms with Crippen molar-refractivity contribution in [3.63, 3.8) is 0 Å². The number of hydrogen-bond acceptors (Lipinski definition) is 4. The van der Waals surface area contributed by atoms with Gasteiger partial charge in [-0.1, -0.05) is 91.0 Å². The molecule has 7 aromatic rings. The maximum absolute atomic E-state index is 6.64. The Morgan fingerprint density at radius 2 is 0.833 bits per heavy atom. The van der Waals surface area contributed by atoms with E-state index in [0.717, 1.165) is 51.4 Å². The molecule has 0 saturated heterocycles. The Balaban J connectivity index is 1.34. The minimum atomic E-state index is -0.00271. The first-order valence-corrected chi connectivity index (χ1v) is 16.3. The fourth-order valence-electron chi connectivity index (χ4n) is 7.14. The van der Waals surface area contributed by atoms with Crippen molar-refractivity contribution in [3.05, 3.63) is 175 Å². The molecule has 0 amide bonds. The lowest BCUT2D eigenvalue weighted by Crippen LogP contribution is -2.61. The van der Waals surface area contributed by atoms with E-state index in [1.165, 1.54) is 27.6 Å². The third-order valence-electron chi connectivity index (χ3n) is 9.16. The van der Waals surface area contributed by atoms with E-state index in [1.807, 2.05) is 60.7 Å². The van der Waals surface area contributed by atoms with Crippen LogP contribution in [-0.4, -0.2) is 6.71 Å². The zero-order chi connectivity index (χ0) is 32.0. The Morgan fingerprint density at radius 3 is 1.38 bits per heavy atom. The summed E-state index contributed by atoms with van der Waals surface area (Å²) in [4.78, 5) is 4.76. The molecule has 2 aliphatic heterocycles. The molecule has 0 saturated carbocycles. The standard InChI is InChI=1S/C43H31BN2O2/c1-30-22-24-37-39(26-30)45(31-14-6-2-7-15-31)41-28-36(48-34-20-12-5-13-21-34)29-42-43(41)44(37)38-25-23-35(47-33-18-10-4-11-19-33)27-40(38)46(42)32-16-8-3-9-17-32/h2-29H,1H3. The van der Waals surface area contributed by atoms with Crippen molar-refractivity contribution in [2.45, 2.75) is 6.92 Å². The summed E-state index contributed by atoms with van der Waals surface area (Å²) in [7, 11) is 0. The molecule has 0 spiro atoms. The van der Waals surface area contributed by atoms with Crippen LogP contribution < -0.4 is 35.7 Å². The predicted molar refractivity (Wildman–Crippen MR) is 198 cm³/mol. The molecule has 2 aliphatic rings. The van der Waals surface area contributed by atoms with E-state index < -0.39 is 0 Å². The van der Waals surface area contributed by atoms with Crippen molar-refractivity contribution in [1.82, 2.24) is 0 Å². The van der Waals surface area contributed by atoms with Crippen LogP contribution >= 0.6 is 0 Å². The molecular weight excluding hydrogens is 587 g/mol. The van der Waals surface area contributed by atoms with Gasteiger partial charge in [0.25, 0.3) is 6.71 Å². The van der Waals surface area contributed by atoms with Crippen LogP contribution in [-0.2, 0) is 0 Å². The van der Waals surface area contributed by atoms with E-state index in [9.17, 15) is 0 Å². The van der Waals surface area contributed by atoms with Crippen LogP contribution in [0.1, 0.15) is 5.56 Å². The third kappa shape index (κ3) is 4.80. The molecule has 0 radical (unpaired) electrons. The second kappa shape index (κ2) is 11.6. The van der Waals surface area contributed by atoms with Gasteiger partial charge in [-0.25, -0.2) is 0 Å². The summed E-state index contributed by atoms with van der Waals surface area (Å²) < 4.78 is 13.1. The Morgan fingerprint density at radius 1 is 0.396 bits per heavy atom. The van der Waals surface area contributed by atoms with Crippen molar-refractivity contribution in [2.24, 2.45) is 0 Å². The summed E-state index contributed by atoms with van der Waals surface area (Å²) in [6, 6.07) is 59.0. The topological polar surface area (TPSA) is 24.9 Å². The van der Waals surface area contributed by atoms with Crippen LogP contribution in [0.15, 0.2) is 170 Å². The summed E-state index contributed by atoms with van der Waals surface area (Å²) in [5.41, 5.74) is 11.5. The maximum atomic E-state index is 6.64. The Hall–Kier alpha value is -6.20. The molecule has 0 N–H and O–H groups in total. The van der Waals surface area contributed by atoms with Gasteiger partial charge in [0.05, 0.1) is 0 Å². The molecule has 228 valence electrons. The lowest BCUT2D eigenvalue weighted by molar-refractivity contribution is 0.483. The van der Waals surface area contributed by atoms with E-state index in [0.29, 0.717) is 0 Å². The lowest BCUT2D eigenvalue weighted by Gasteiger charge is -2.44. The first-order chi connectivity index (χ1) is 23.7. The molecule has 48 heavy (non-hydrogen) atoms. The number of rotatable bonds is 6. The van der Waals surface area contributed by atoms with Gasteiger partial charge in [0.1, 0.15) is 23.0 Å². The first-order valence-electron chi connectivity index (χ1n) is 16.3. The number of hydrogen-bond donors (Lipinski definition) is 0. The van der Waals surface area contributed by atoms with E-state index in [2.05, 4.69) is 126 Å². The van der Waals surface area contributed by atoms with E-state index in [4.69, 9.17) is 9.47 Å². The van der Waals surface area contributed by atoms with Gasteiger partial charge in [0.15, 0.2) is 0 Å². The van der Waals surface area contributed by atoms with Crippen LogP contribution in [0.5, 0.6) is 23.0 Å². The van der Waals surface area contributed by atoms with Crippen LogP contribution in [0.2, 0.25) is 0 Å². The Labute approximate surface area is 281 Å². The second-order valence-electron chi connectivity index (χ2n) is 12.3. The average molecular weight is 619 g/mol. The van der Waals surface area contributed by atoms with Crippen LogP contribution in [0.4, 0.5) is 34.1 Å². The fraction of sp³-hybridized carbons (Fsp3) is 0.0233. The normalized spacial score (nSPS) is 12.6. The number of ether oxygens (including phenoxy) is 2. The molecule has 4 nitrogen and oxygen atoms in total. The molecule has 0 bridgehead atoms. The number of para-hydroxylation sites is 4. The zero-order valence-electron chi connectivity index (χ0n) is 26.5. The summed E-state index contributed by atoms with van der Waals surface area (Å²) >= 11 is 0. The number of fused-ring (bicyclic) bond motifs is 4. The SMILES string of the molecule is Cc1ccc2c(c1)N(c1ccccc1)c1cc(Oc3ccccc3)cc3c1B2c1ccc(Oc2ccccc2)cc1N3c1ccccc1. The van der Waals surface area contributed by atoms with Gasteiger partial charge in [-0.15, -0.1) is 0 Å². The molecule has 2 heterocycles. The van der Waals surface area contributed by atoms with Gasteiger partial charge >= 0.3 is 0 Å². The molecule has 0 fully saturated rings. The monoisotopic (exact) mass is 618 g/mol. The minimum absolute atomic E-state index is 0.00271. The number of nitrogens with zero attached hydrogens (tertiary/aromatic N) is 2. The van der Waals surface area contributed by atoms with Gasteiger partial charge in [-0.3, -0.25) is 0 Å². The van der Waals surface area contributed by atoms with Crippen LogP contribution in [0.25, 0.3) is 0 Å². The van der Waals surface area contributed by atoms with E-state index in [1.54, 1.807) is 0 Å². The van der Waals surface area contributed by atoms with E-state index in [-0.39, 0.29) is 6.71 Å². The molecule has 0 atom stereocenters. The van der Waals surface area contributed by atoms with Crippen molar-refractivity contribution in [1.29, 1.82) is 0 Å². The average Bonchev–Trinajstić information content (AvgIpc) is 3.13. The second-order valence-corrected chi connectivity index (χ2v) is 12.3. The molecule has 7 aromatic carbocycles. The summed E-state index contributed by atoms with van der Waals surface area (Å²) in [5.74, 6) is 3.15. The van der Waals surface area contributed by atoms with Gasteiger partial charge in [-0.2, -0.15) is 0 Å². The summed E-state index contributed by atoms with van der Waals surface area (Å²) in [6.07, 6.45) is 0. The molecule has 0 aromatic heterocycles. The smallest absolute Gasteiger partial charge is 0.252 e. The zero-order valence-corrected chi connectivity index (χ0v) is 26.5. The summed E-state index contributed by atoms with van der Waals surface area (Å²) in [6.45, 7) is 2.16. The number of benzene rings is 7. The van der Waals surface area contributed by atoms with Crippen molar-refractivity contribution in [2.75, 3.05) is 9.80 Å². The highest BCUT2D eigenvalue weighted by atomic mass is 16.5. The highest BCUT2D eigenvalue weighted by Crippen LogP contribution is 2.47. The Kier molecular flexibility index (Phi) is 6.75. The van der Waals surface area contributed by atoms with Crippen molar-refractivity contribution < 1.29 is 9.47 Å². The number of aryl methyl sites for hydroxylation is 1. The largest absolute Gasteiger partial charge is 0.457 e. The maximum Gasteiger partial charge on any atom is 0.252 e. The van der Waals surface area contributed by atoms with Crippen LogP contribution in [0, 0.1) is 6.92 Å². The van der Waals surface area contributed by atoms with Gasteiger partial charge < -0.3 is 19.3 Å². The van der Waals surface area contributed by atoms with E-state index >= 15 is 0 Å². The number of anilines is 6. The highest BCUT2D eigenvalue weighted by molar-refractivity contribution is 7.00. The third-order valence-corrected chi connectivity index (χ3v) is 9.16. The quantitative estimate of drug-likeness (QED) is 0.173. The van der Waals surface area contributed by atoms with Crippen molar-refractivity contribution in [3.8, 4) is 23.0 Å². The molecular formula is C43H31BN2O2. The van der Waals surface area contributed by atoms with Gasteiger partial charge in [0.2, 0.25) is 0 Å². The summed E-state index contributed by atoms with van der Waals surface area (Å²) in [5, 5.41) is 0. The van der Waals surface area contributed by atoms with Gasteiger partial charge in [0, 0.05) is 52.3 Å². The molecule has 9 rings (SSSR count). The highest BCUT2D eigenvalue weighted by Gasteiger charge is 2.43. The van der Waals surface area contributed by atoms with Gasteiger partial charge in [-0.05, 0) is 89.5 Å². The van der Waals surface area contributed by atoms with Crippen LogP contribution in [0.3, 0.4) is 0 Å². The fourth-order valence-corrected chi connectivity index (χ4v) is 7.14. The predicted octanol–water partition coefficient (Wildman–Crippen LogP) is 9.66. The molecule has 0 unspecified atom stereocenters.